The summed E-state index contributed by atoms with van der Waals surface area (Å²) in [6.07, 6.45) is 2.18. The summed E-state index contributed by atoms with van der Waals surface area (Å²) in [4.78, 5) is 16.1. The fourth-order valence-corrected chi connectivity index (χ4v) is 3.47. The Morgan fingerprint density at radius 3 is 2.92 bits per heavy atom. The quantitative estimate of drug-likeness (QED) is 0.666. The zero-order chi connectivity index (χ0) is 17.6. The number of carbonyl (C=O) groups excluding carboxylic acids is 1. The molecule has 2 aromatic heterocycles. The van der Waals surface area contributed by atoms with Gasteiger partial charge < -0.3 is 20.6 Å². The van der Waals surface area contributed by atoms with E-state index < -0.39 is 0 Å². The first kappa shape index (κ1) is 15.9. The molecule has 1 saturated carbocycles. The van der Waals surface area contributed by atoms with Crippen LogP contribution in [-0.2, 0) is 6.54 Å². The minimum atomic E-state index is -0.115. The number of nitrogens with zero attached hydrogens (tertiary/aromatic N) is 1. The van der Waals surface area contributed by atoms with E-state index in [1.165, 1.54) is 0 Å². The van der Waals surface area contributed by atoms with Crippen molar-refractivity contribution in [3.8, 4) is 0 Å². The molecule has 0 saturated heterocycles. The van der Waals surface area contributed by atoms with E-state index in [4.69, 9.17) is 10.3 Å². The van der Waals surface area contributed by atoms with Crippen LogP contribution in [-0.4, -0.2) is 16.0 Å². The number of carbonyl (C=O) groups is 1. The number of H-pyrrole nitrogens is 1. The third kappa shape index (κ3) is 2.82. The van der Waals surface area contributed by atoms with Gasteiger partial charge in [0, 0.05) is 16.5 Å². The summed E-state index contributed by atoms with van der Waals surface area (Å²) in [5.74, 6) is 0.955. The first-order valence-corrected chi connectivity index (χ1v) is 8.62. The Balaban J connectivity index is 1.65. The van der Waals surface area contributed by atoms with Crippen LogP contribution in [0.3, 0.4) is 0 Å². The summed E-state index contributed by atoms with van der Waals surface area (Å²) in [6.45, 7) is 4.20. The van der Waals surface area contributed by atoms with Gasteiger partial charge in [0.1, 0.15) is 5.69 Å². The van der Waals surface area contributed by atoms with Crippen molar-refractivity contribution in [1.29, 1.82) is 0 Å². The van der Waals surface area contributed by atoms with Crippen LogP contribution in [0.1, 0.15) is 52.0 Å². The highest BCUT2D eigenvalue weighted by Crippen LogP contribution is 2.43. The van der Waals surface area contributed by atoms with Crippen LogP contribution in [0, 0.1) is 19.8 Å². The fourth-order valence-electron chi connectivity index (χ4n) is 3.47. The Hall–Kier alpha value is -2.60. The predicted octanol–water partition coefficient (Wildman–Crippen LogP) is 3.11. The van der Waals surface area contributed by atoms with Crippen LogP contribution in [0.5, 0.6) is 0 Å². The highest BCUT2D eigenvalue weighted by atomic mass is 16.5. The second kappa shape index (κ2) is 6.04. The zero-order valence-electron chi connectivity index (χ0n) is 14.4. The van der Waals surface area contributed by atoms with Gasteiger partial charge in [-0.1, -0.05) is 23.4 Å². The van der Waals surface area contributed by atoms with Gasteiger partial charge in [0.05, 0.1) is 18.3 Å². The summed E-state index contributed by atoms with van der Waals surface area (Å²) in [5, 5.41) is 8.24. The highest BCUT2D eigenvalue weighted by molar-refractivity contribution is 5.98. The maximum absolute atomic E-state index is 12.8. The van der Waals surface area contributed by atoms with E-state index in [2.05, 4.69) is 15.5 Å². The van der Waals surface area contributed by atoms with E-state index >= 15 is 0 Å². The van der Waals surface area contributed by atoms with Crippen molar-refractivity contribution >= 4 is 16.8 Å². The minimum Gasteiger partial charge on any atom is -0.359 e. The van der Waals surface area contributed by atoms with Crippen molar-refractivity contribution < 1.29 is 9.32 Å². The maximum Gasteiger partial charge on any atom is 0.268 e. The number of aromatic amines is 1. The Kier molecular flexibility index (Phi) is 3.84. The van der Waals surface area contributed by atoms with E-state index in [-0.39, 0.29) is 18.5 Å². The summed E-state index contributed by atoms with van der Waals surface area (Å²) >= 11 is 0. The number of benzene rings is 1. The van der Waals surface area contributed by atoms with Crippen LogP contribution in [0.2, 0.25) is 0 Å². The minimum absolute atomic E-state index is 0.107. The van der Waals surface area contributed by atoms with Crippen LogP contribution in [0.15, 0.2) is 28.8 Å². The number of nitrogens with one attached hydrogen (secondary N) is 2. The lowest BCUT2D eigenvalue weighted by atomic mass is 10.00. The van der Waals surface area contributed by atoms with E-state index in [9.17, 15) is 4.79 Å². The van der Waals surface area contributed by atoms with Crippen molar-refractivity contribution in [3.63, 3.8) is 0 Å². The van der Waals surface area contributed by atoms with Crippen molar-refractivity contribution in [1.82, 2.24) is 15.5 Å². The number of nitrogens with two attached hydrogens (primary N) is 1. The van der Waals surface area contributed by atoms with Gasteiger partial charge in [-0.05, 0) is 44.2 Å². The molecule has 0 aliphatic heterocycles. The molecule has 3 aromatic rings. The Morgan fingerprint density at radius 2 is 2.24 bits per heavy atom. The molecule has 6 heteroatoms. The molecule has 1 aromatic carbocycles. The number of amides is 1. The monoisotopic (exact) mass is 338 g/mol. The number of aromatic nitrogens is 2. The fraction of sp³-hybridized carbons (Fsp3) is 0.368. The average molecular weight is 338 g/mol. The van der Waals surface area contributed by atoms with Crippen molar-refractivity contribution in [2.24, 2.45) is 11.7 Å². The first-order valence-electron chi connectivity index (χ1n) is 8.62. The lowest BCUT2D eigenvalue weighted by molar-refractivity contribution is 0.0927. The van der Waals surface area contributed by atoms with Gasteiger partial charge in [-0.15, -0.1) is 0 Å². The van der Waals surface area contributed by atoms with Crippen molar-refractivity contribution in [2.45, 2.75) is 39.3 Å². The molecule has 0 spiro atoms. The molecule has 2 heterocycles. The molecule has 0 radical (unpaired) electrons. The Morgan fingerprint density at radius 1 is 1.44 bits per heavy atom. The maximum atomic E-state index is 12.8. The van der Waals surface area contributed by atoms with Crippen LogP contribution in [0.4, 0.5) is 0 Å². The normalized spacial score (nSPS) is 15.5. The molecular weight excluding hydrogens is 316 g/mol. The molecule has 1 aliphatic carbocycles. The number of hydrogen-bond acceptors (Lipinski definition) is 4. The first-order chi connectivity index (χ1) is 12.1. The van der Waals surface area contributed by atoms with Gasteiger partial charge in [0.2, 0.25) is 0 Å². The highest BCUT2D eigenvalue weighted by Gasteiger charge is 2.37. The molecule has 1 amide bonds. The molecule has 1 fully saturated rings. The van der Waals surface area contributed by atoms with Crippen molar-refractivity contribution in [3.05, 3.63) is 52.5 Å². The van der Waals surface area contributed by atoms with Gasteiger partial charge in [0.25, 0.3) is 5.91 Å². The summed E-state index contributed by atoms with van der Waals surface area (Å²) in [5.41, 5.74) is 10.2. The lowest BCUT2D eigenvalue weighted by Crippen LogP contribution is -2.31. The van der Waals surface area contributed by atoms with E-state index in [0.29, 0.717) is 17.4 Å². The second-order valence-electron chi connectivity index (χ2n) is 6.82. The van der Waals surface area contributed by atoms with E-state index in [1.807, 2.05) is 38.1 Å². The molecule has 25 heavy (non-hydrogen) atoms. The van der Waals surface area contributed by atoms with Gasteiger partial charge >= 0.3 is 0 Å². The van der Waals surface area contributed by atoms with Gasteiger partial charge in [-0.25, -0.2) is 0 Å². The smallest absolute Gasteiger partial charge is 0.268 e. The number of hydrogen-bond donors (Lipinski definition) is 3. The molecule has 1 atom stereocenters. The SMILES string of the molecule is Cc1noc(CN)c1C(NC(=O)c1cc2cccc(C)c2[nH]1)C1CC1. The van der Waals surface area contributed by atoms with Crippen molar-refractivity contribution in [2.75, 3.05) is 0 Å². The summed E-state index contributed by atoms with van der Waals surface area (Å²) in [7, 11) is 0. The number of rotatable bonds is 5. The lowest BCUT2D eigenvalue weighted by Gasteiger charge is -2.18. The van der Waals surface area contributed by atoms with Crippen LogP contribution in [0.25, 0.3) is 10.9 Å². The molecule has 4 N–H and O–H groups in total. The molecule has 1 unspecified atom stereocenters. The zero-order valence-corrected chi connectivity index (χ0v) is 14.4. The molecule has 130 valence electrons. The van der Waals surface area contributed by atoms with Gasteiger partial charge in [-0.3, -0.25) is 4.79 Å². The second-order valence-corrected chi connectivity index (χ2v) is 6.82. The van der Waals surface area contributed by atoms with Gasteiger partial charge in [0.15, 0.2) is 5.76 Å². The number of aryl methyl sites for hydroxylation is 2. The van der Waals surface area contributed by atoms with E-state index in [0.717, 1.165) is 40.6 Å². The summed E-state index contributed by atoms with van der Waals surface area (Å²) in [6, 6.07) is 7.82. The average Bonchev–Trinajstić information content (AvgIpc) is 3.23. The summed E-state index contributed by atoms with van der Waals surface area (Å²) < 4.78 is 5.32. The predicted molar refractivity (Wildman–Crippen MR) is 95.1 cm³/mol. The molecule has 1 aliphatic rings. The molecule has 0 bridgehead atoms. The number of fused-ring (bicyclic) bond motifs is 1. The molecule has 4 rings (SSSR count). The molecular formula is C19H22N4O2. The standard InChI is InChI=1S/C19H22N4O2/c1-10-4-3-5-13-8-14(21-17(10)13)19(24)22-18(12-6-7-12)16-11(2)23-25-15(16)9-20/h3-5,8,12,18,21H,6-7,9,20H2,1-2H3,(H,22,24). The topological polar surface area (TPSA) is 96.9 Å². The van der Waals surface area contributed by atoms with Crippen LogP contribution < -0.4 is 11.1 Å². The third-order valence-electron chi connectivity index (χ3n) is 4.97. The Labute approximate surface area is 145 Å². The van der Waals surface area contributed by atoms with Gasteiger partial charge in [-0.2, -0.15) is 0 Å². The van der Waals surface area contributed by atoms with Crippen LogP contribution >= 0.6 is 0 Å². The Bertz CT molecular complexity index is 936. The third-order valence-corrected chi connectivity index (χ3v) is 4.97. The largest absolute Gasteiger partial charge is 0.359 e. The molecule has 6 nitrogen and oxygen atoms in total. The van der Waals surface area contributed by atoms with E-state index in [1.54, 1.807) is 0 Å². The number of para-hydroxylation sites is 1.